The molecule has 0 aromatic heterocycles. The van der Waals surface area contributed by atoms with Gasteiger partial charge in [-0.1, -0.05) is 58.0 Å². The van der Waals surface area contributed by atoms with Crippen LogP contribution >= 0.6 is 21.6 Å². The van der Waals surface area contributed by atoms with Crippen molar-refractivity contribution in [2.45, 2.75) is 40.5 Å². The monoisotopic (exact) mass is 1030 g/mol. The number of carboxylic acids is 1. The van der Waals surface area contributed by atoms with E-state index in [-0.39, 0.29) is 52.2 Å². The van der Waals surface area contributed by atoms with E-state index in [1.54, 1.807) is 24.3 Å². The van der Waals surface area contributed by atoms with Gasteiger partial charge in [0.25, 0.3) is 5.91 Å². The fourth-order valence-corrected chi connectivity index (χ4v) is 11.8. The molecule has 16 heteroatoms. The molecule has 1 saturated heterocycles. The Kier molecular flexibility index (Phi) is 15.7. The average Bonchev–Trinajstić information content (AvgIpc) is 3.41. The normalized spacial score (nSPS) is 12.7. The standard InChI is InChI=1S/C58H57N5O9S2/c1-5-60(6-2)37-14-19-44-49(32-37)71-50-33-38(61(7-3)8-4)15-20-45(50)55(44)41-11-9-10-12-43(41)57(68)63-27-25-62(26-28-63)54(67)24-30-74-73-29-23-53(66)59-36-13-18-42(48(31-36)58(69)70)56-46-21-16-39(64)34-51(46)72-52-35-40(65)17-22-47(52)56/h9-22,31-35H,5-8,23-30H2,1-4H3,(H2-,59,64,65,66,69,70). The fraction of sp³-hybridized carbons (Fsp3) is 0.276. The number of hydrogen-bond donors (Lipinski definition) is 2. The first-order valence-electron chi connectivity index (χ1n) is 25.0. The molecule has 0 atom stereocenters. The van der Waals surface area contributed by atoms with Crippen LogP contribution in [0.25, 0.3) is 66.8 Å². The van der Waals surface area contributed by atoms with Gasteiger partial charge in [0.1, 0.15) is 35.8 Å². The van der Waals surface area contributed by atoms with Crippen LogP contribution in [0.1, 0.15) is 61.3 Å². The van der Waals surface area contributed by atoms with Crippen LogP contribution in [-0.4, -0.2) is 102 Å². The fourth-order valence-electron chi connectivity index (χ4n) is 9.87. The van der Waals surface area contributed by atoms with E-state index in [0.29, 0.717) is 77.4 Å². The zero-order valence-electron chi connectivity index (χ0n) is 41.8. The predicted molar refractivity (Wildman–Crippen MR) is 294 cm³/mol. The van der Waals surface area contributed by atoms with Crippen molar-refractivity contribution >= 4 is 78.6 Å². The van der Waals surface area contributed by atoms with Gasteiger partial charge in [-0.3, -0.25) is 19.2 Å². The number of benzene rings is 6. The molecule has 4 aromatic rings. The highest BCUT2D eigenvalue weighted by Gasteiger charge is 2.29. The third-order valence-corrected chi connectivity index (χ3v) is 16.1. The van der Waals surface area contributed by atoms with Crippen LogP contribution in [0.5, 0.6) is 5.75 Å². The number of nitrogens with zero attached hydrogens (tertiary/aromatic N) is 4. The Morgan fingerprint density at radius 3 is 1.96 bits per heavy atom. The van der Waals surface area contributed by atoms with Gasteiger partial charge in [0.05, 0.1) is 11.6 Å². The van der Waals surface area contributed by atoms with Crippen LogP contribution in [0.3, 0.4) is 0 Å². The smallest absolute Gasteiger partial charge is 0.336 e. The highest BCUT2D eigenvalue weighted by atomic mass is 33.1. The third-order valence-electron chi connectivity index (χ3n) is 13.7. The van der Waals surface area contributed by atoms with Gasteiger partial charge in [0.2, 0.25) is 17.2 Å². The second kappa shape index (κ2) is 22.7. The largest absolute Gasteiger partial charge is 0.872 e. The number of piperazine rings is 1. The maximum Gasteiger partial charge on any atom is 0.336 e. The molecule has 0 saturated carbocycles. The number of carboxylic acid groups (broad SMARTS) is 1. The molecule has 74 heavy (non-hydrogen) atoms. The molecule has 14 nitrogen and oxygen atoms in total. The molecule has 4 aromatic carbocycles. The summed E-state index contributed by atoms with van der Waals surface area (Å²) in [5.74, 6) is 0.0569. The molecule has 1 fully saturated rings. The topological polar surface area (TPSA) is 180 Å². The molecule has 9 rings (SSSR count). The van der Waals surface area contributed by atoms with Crippen molar-refractivity contribution in [1.82, 2.24) is 14.4 Å². The molecule has 0 unspecified atom stereocenters. The number of amides is 3. The van der Waals surface area contributed by atoms with E-state index < -0.39 is 5.97 Å². The molecule has 5 aliphatic rings. The summed E-state index contributed by atoms with van der Waals surface area (Å²) in [5, 5.41) is 27.8. The molecular weight excluding hydrogens is 975 g/mol. The molecule has 0 bridgehead atoms. The lowest BCUT2D eigenvalue weighted by atomic mass is 9.90. The Morgan fingerprint density at radius 2 is 1.27 bits per heavy atom. The van der Waals surface area contributed by atoms with Gasteiger partial charge >= 0.3 is 5.97 Å². The van der Waals surface area contributed by atoms with E-state index in [9.17, 15) is 34.2 Å². The van der Waals surface area contributed by atoms with E-state index in [1.165, 1.54) is 51.9 Å². The van der Waals surface area contributed by atoms with E-state index in [0.717, 1.165) is 70.6 Å². The summed E-state index contributed by atoms with van der Waals surface area (Å²) in [6.45, 7) is 13.7. The van der Waals surface area contributed by atoms with Crippen molar-refractivity contribution in [3.63, 3.8) is 0 Å². The zero-order chi connectivity index (χ0) is 52.0. The van der Waals surface area contributed by atoms with Crippen molar-refractivity contribution < 1.29 is 38.2 Å². The predicted octanol–water partition coefficient (Wildman–Crippen LogP) is 9.60. The highest BCUT2D eigenvalue weighted by Crippen LogP contribution is 2.44. The Labute approximate surface area is 436 Å². The number of fused-ring (bicyclic) bond motifs is 4. The van der Waals surface area contributed by atoms with Crippen LogP contribution in [0.15, 0.2) is 129 Å². The average molecular weight is 1030 g/mol. The van der Waals surface area contributed by atoms with Gasteiger partial charge in [0, 0.05) is 132 Å². The number of hydrogen-bond acceptors (Lipinski definition) is 11. The summed E-state index contributed by atoms with van der Waals surface area (Å²) in [6, 6.07) is 33.5. The summed E-state index contributed by atoms with van der Waals surface area (Å²) < 4.78 is 14.9. The summed E-state index contributed by atoms with van der Waals surface area (Å²) in [7, 11) is 2.98. The van der Waals surface area contributed by atoms with Gasteiger partial charge in [-0.05, 0) is 93.4 Å². The molecule has 3 heterocycles. The van der Waals surface area contributed by atoms with E-state index in [4.69, 9.17) is 8.83 Å². The van der Waals surface area contributed by atoms with Gasteiger partial charge in [-0.25, -0.2) is 9.37 Å². The van der Waals surface area contributed by atoms with Gasteiger partial charge in [-0.2, -0.15) is 0 Å². The summed E-state index contributed by atoms with van der Waals surface area (Å²) in [4.78, 5) is 71.7. The SMILES string of the molecule is CCN(CC)c1ccc2c(-c3ccccc3C(=O)N3CCN(C(=O)CCSSCCC(=O)Nc4ccc(-c5c6ccc(=O)cc-6oc6cc([O-])ccc56)c(C(=O)O)c4)CC3)c3ccc(=[N+](CC)CC)cc-3oc2c1. The molecule has 2 N–H and O–H groups in total. The van der Waals surface area contributed by atoms with Crippen molar-refractivity contribution in [1.29, 1.82) is 0 Å². The third kappa shape index (κ3) is 10.7. The summed E-state index contributed by atoms with van der Waals surface area (Å²) in [6.07, 6.45) is 0.465. The number of rotatable bonds is 17. The first-order chi connectivity index (χ1) is 35.9. The second-order valence-corrected chi connectivity index (χ2v) is 20.7. The van der Waals surface area contributed by atoms with E-state index in [1.807, 2.05) is 34.1 Å². The molecule has 2 aliphatic carbocycles. The lowest BCUT2D eigenvalue weighted by molar-refractivity contribution is -0.268. The zero-order valence-corrected chi connectivity index (χ0v) is 43.4. The molecule has 380 valence electrons. The Bertz CT molecular complexity index is 3500. The lowest BCUT2D eigenvalue weighted by Gasteiger charge is -2.35. The highest BCUT2D eigenvalue weighted by molar-refractivity contribution is 8.76. The van der Waals surface area contributed by atoms with Gasteiger partial charge in [-0.15, -0.1) is 5.75 Å². The molecule has 0 radical (unpaired) electrons. The van der Waals surface area contributed by atoms with E-state index >= 15 is 0 Å². The number of carbonyl (C=O) groups is 4. The maximum absolute atomic E-state index is 14.5. The van der Waals surface area contributed by atoms with Crippen LogP contribution in [-0.2, 0) is 9.59 Å². The number of nitrogens with one attached hydrogen (secondary N) is 1. The van der Waals surface area contributed by atoms with Crippen LogP contribution < -0.4 is 30.7 Å². The van der Waals surface area contributed by atoms with E-state index in [2.05, 4.69) is 78.9 Å². The minimum absolute atomic E-state index is 0.0105. The molecule has 0 spiro atoms. The Balaban J connectivity index is 0.797. The number of anilines is 2. The lowest BCUT2D eigenvalue weighted by Crippen LogP contribution is -2.50. The van der Waals surface area contributed by atoms with Crippen LogP contribution in [0.2, 0.25) is 0 Å². The van der Waals surface area contributed by atoms with Crippen LogP contribution in [0, 0.1) is 0 Å². The van der Waals surface area contributed by atoms with Crippen molar-refractivity contribution in [2.75, 3.05) is 74.1 Å². The van der Waals surface area contributed by atoms with Crippen molar-refractivity contribution in [2.24, 2.45) is 0 Å². The second-order valence-electron chi connectivity index (χ2n) is 18.0. The Morgan fingerprint density at radius 1 is 0.662 bits per heavy atom. The Hall–Kier alpha value is -7.56. The van der Waals surface area contributed by atoms with Crippen LogP contribution in [0.4, 0.5) is 11.4 Å². The first-order valence-corrected chi connectivity index (χ1v) is 27.5. The van der Waals surface area contributed by atoms with Crippen molar-refractivity contribution in [3.8, 4) is 50.7 Å². The number of carbonyl (C=O) groups excluding carboxylic acids is 3. The van der Waals surface area contributed by atoms with Gasteiger partial charge < -0.3 is 39.1 Å². The maximum atomic E-state index is 14.5. The first kappa shape index (κ1) is 51.3. The minimum Gasteiger partial charge on any atom is -0.872 e. The molecule has 3 aliphatic heterocycles. The number of aromatic carboxylic acids is 1. The quantitative estimate of drug-likeness (QED) is 0.0382. The summed E-state index contributed by atoms with van der Waals surface area (Å²) in [5.41, 5.74) is 6.54. The summed E-state index contributed by atoms with van der Waals surface area (Å²) >= 11 is 0. The minimum atomic E-state index is -1.23. The molecular formula is C58H57N5O9S2. The van der Waals surface area contributed by atoms with Crippen molar-refractivity contribution in [3.05, 3.63) is 142 Å². The van der Waals surface area contributed by atoms with Gasteiger partial charge in [0.15, 0.2) is 5.43 Å². The molecule has 3 amide bonds.